The van der Waals surface area contributed by atoms with Crippen molar-refractivity contribution in [1.29, 1.82) is 0 Å². The normalized spacial score (nSPS) is 18.2. The molecule has 3 fully saturated rings. The van der Waals surface area contributed by atoms with Gasteiger partial charge in [-0.05, 0) is 25.0 Å². The van der Waals surface area contributed by atoms with Gasteiger partial charge in [-0.25, -0.2) is 9.50 Å². The molecule has 6 heterocycles. The molecule has 3 aromatic heterocycles. The number of carbonyl (C=O) groups excluding carboxylic acids is 2. The first kappa shape index (κ1) is 34.3. The minimum atomic E-state index is -0.157. The maximum absolute atomic E-state index is 13.5. The molecule has 0 saturated carbocycles. The molecule has 3 saturated heterocycles. The smallest absolute Gasteiger partial charge is 0.277 e. The van der Waals surface area contributed by atoms with Gasteiger partial charge in [0.2, 0.25) is 17.7 Å². The van der Waals surface area contributed by atoms with E-state index in [4.69, 9.17) is 38.0 Å². The Labute approximate surface area is 310 Å². The highest BCUT2D eigenvalue weighted by molar-refractivity contribution is 6.39. The molecule has 1 spiro atoms. The number of amides is 2. The number of aromatic nitrogens is 4. The van der Waals surface area contributed by atoms with E-state index in [-0.39, 0.29) is 29.0 Å². The molecule has 268 valence electrons. The van der Waals surface area contributed by atoms with E-state index in [0.717, 1.165) is 59.3 Å². The molecule has 3 aliphatic heterocycles. The fraction of sp³-hybridized carbons (Fsp3) is 0.342. The Hall–Kier alpha value is -4.75. The van der Waals surface area contributed by atoms with E-state index < -0.39 is 0 Å². The third kappa shape index (κ3) is 6.34. The summed E-state index contributed by atoms with van der Waals surface area (Å²) in [6.07, 6.45) is 4.62. The highest BCUT2D eigenvalue weighted by Crippen LogP contribution is 2.42. The first-order valence-electron chi connectivity index (χ1n) is 17.4. The van der Waals surface area contributed by atoms with Crippen molar-refractivity contribution in [2.75, 3.05) is 26.7 Å². The molecular weight excluding hydrogens is 703 g/mol. The van der Waals surface area contributed by atoms with Crippen molar-refractivity contribution in [2.24, 2.45) is 7.05 Å². The van der Waals surface area contributed by atoms with Crippen LogP contribution < -0.4 is 26.2 Å². The molecule has 2 amide bonds. The first-order chi connectivity index (χ1) is 25.1. The number of pyridine rings is 1. The molecule has 3 aliphatic rings. The lowest BCUT2D eigenvalue weighted by Crippen LogP contribution is -2.66. The van der Waals surface area contributed by atoms with Gasteiger partial charge in [0.25, 0.3) is 5.56 Å². The van der Waals surface area contributed by atoms with E-state index in [2.05, 4.69) is 20.9 Å². The second-order valence-corrected chi connectivity index (χ2v) is 14.7. The number of hydrogen-bond donors (Lipinski definition) is 3. The topological polar surface area (TPSA) is 135 Å². The molecule has 0 aliphatic carbocycles. The van der Waals surface area contributed by atoms with Gasteiger partial charge >= 0.3 is 0 Å². The summed E-state index contributed by atoms with van der Waals surface area (Å²) in [7, 11) is 3.33. The number of benzene rings is 2. The highest BCUT2D eigenvalue weighted by Gasteiger charge is 2.47. The number of rotatable bonds is 10. The van der Waals surface area contributed by atoms with Gasteiger partial charge in [0, 0.05) is 91.7 Å². The molecule has 0 bridgehead atoms. The van der Waals surface area contributed by atoms with E-state index in [9.17, 15) is 14.4 Å². The first-order valence-corrected chi connectivity index (χ1v) is 18.1. The van der Waals surface area contributed by atoms with Gasteiger partial charge < -0.3 is 20.7 Å². The molecule has 12 nitrogen and oxygen atoms in total. The number of hydrogen-bond acceptors (Lipinski definition) is 8. The van der Waals surface area contributed by atoms with Crippen LogP contribution in [0.5, 0.6) is 5.88 Å². The van der Waals surface area contributed by atoms with Gasteiger partial charge in [0.05, 0.1) is 34.9 Å². The van der Waals surface area contributed by atoms with Crippen molar-refractivity contribution in [3.05, 3.63) is 92.6 Å². The summed E-state index contributed by atoms with van der Waals surface area (Å²) in [5.41, 5.74) is 5.38. The third-order valence-corrected chi connectivity index (χ3v) is 11.2. The summed E-state index contributed by atoms with van der Waals surface area (Å²) in [6.45, 7) is 3.19. The van der Waals surface area contributed by atoms with Gasteiger partial charge in [-0.1, -0.05) is 65.7 Å². The molecule has 8 rings (SSSR count). The molecule has 2 aromatic carbocycles. The van der Waals surface area contributed by atoms with Crippen molar-refractivity contribution in [2.45, 2.75) is 50.4 Å². The Kier molecular flexibility index (Phi) is 9.02. The van der Waals surface area contributed by atoms with Gasteiger partial charge in [-0.2, -0.15) is 5.10 Å². The maximum Gasteiger partial charge on any atom is 0.277 e. The van der Waals surface area contributed by atoms with Gasteiger partial charge in [-0.15, -0.1) is 0 Å². The van der Waals surface area contributed by atoms with Crippen LogP contribution in [-0.2, 0) is 29.7 Å². The van der Waals surface area contributed by atoms with Crippen LogP contribution in [0.4, 0.5) is 0 Å². The van der Waals surface area contributed by atoms with E-state index >= 15 is 0 Å². The maximum atomic E-state index is 13.5. The van der Waals surface area contributed by atoms with Gasteiger partial charge in [0.1, 0.15) is 11.3 Å². The van der Waals surface area contributed by atoms with E-state index in [1.807, 2.05) is 60.8 Å². The molecule has 1 atom stereocenters. The molecule has 14 heteroatoms. The summed E-state index contributed by atoms with van der Waals surface area (Å²) >= 11 is 14.2. The number of likely N-dealkylation sites (tertiary alicyclic amines) is 1. The third-order valence-electron chi connectivity index (χ3n) is 10.4. The summed E-state index contributed by atoms with van der Waals surface area (Å²) in [6, 6.07) is 17.3. The summed E-state index contributed by atoms with van der Waals surface area (Å²) < 4.78 is 8.87. The monoisotopic (exact) mass is 740 g/mol. The Morgan fingerprint density at radius 3 is 2.38 bits per heavy atom. The Morgan fingerprint density at radius 2 is 1.69 bits per heavy atom. The van der Waals surface area contributed by atoms with Crippen LogP contribution in [0.15, 0.2) is 65.6 Å². The summed E-state index contributed by atoms with van der Waals surface area (Å²) in [5.74, 6) is 1.32. The average Bonchev–Trinajstić information content (AvgIpc) is 3.85. The quantitative estimate of drug-likeness (QED) is 0.190. The molecule has 5 aromatic rings. The summed E-state index contributed by atoms with van der Waals surface area (Å²) in [5, 5.41) is 15.3. The highest BCUT2D eigenvalue weighted by atomic mass is 35.5. The molecule has 0 unspecified atom stereocenters. The summed E-state index contributed by atoms with van der Waals surface area (Å²) in [4.78, 5) is 43.8. The lowest BCUT2D eigenvalue weighted by molar-refractivity contribution is -0.121. The van der Waals surface area contributed by atoms with Crippen molar-refractivity contribution in [3.63, 3.8) is 0 Å². The fourth-order valence-electron chi connectivity index (χ4n) is 7.64. The number of carbonyl (C=O) groups is 2. The number of nitrogens with one attached hydrogen (secondary N) is 3. The SMILES string of the molecule is COc1nc(-c2cccc(-c3cccc(-c4cc5c(=O)n(C)c(CN6CC7(CCC(=O)N7)C6)nn5c4)c3Cl)c2Cl)ccc1CNC[C@@H]1CCC(=O)N1. The number of nitrogens with zero attached hydrogens (tertiary/aromatic N) is 5. The standard InChI is InChI=1S/C38H38Cl2N8O4/c1-46-31(19-47-20-38(21-47)14-13-33(50)44-38)45-48-18-23(15-30(48)37(46)51)25-5-3-6-26(34(25)39)27-7-4-8-28(35(27)40)29-11-9-22(36(43-29)52-2)16-41-17-24-10-12-32(49)42-24/h3-9,11,15,18,24,41H,10,12-14,16-17,19-21H2,1-2H3,(H,42,49)(H,44,50)/t24-/m0/s1. The second kappa shape index (κ2) is 13.7. The molecule has 0 radical (unpaired) electrons. The minimum absolute atomic E-state index is 0.0918. The molecule has 52 heavy (non-hydrogen) atoms. The second-order valence-electron chi connectivity index (χ2n) is 13.9. The van der Waals surface area contributed by atoms with Crippen LogP contribution in [0.3, 0.4) is 0 Å². The van der Waals surface area contributed by atoms with Crippen LogP contribution in [-0.4, -0.2) is 74.2 Å². The largest absolute Gasteiger partial charge is 0.481 e. The van der Waals surface area contributed by atoms with Crippen molar-refractivity contribution in [1.82, 2.24) is 40.0 Å². The number of ether oxygens (including phenoxy) is 1. The van der Waals surface area contributed by atoms with Crippen LogP contribution in [0.1, 0.15) is 37.1 Å². The minimum Gasteiger partial charge on any atom is -0.481 e. The number of halogens is 2. The van der Waals surface area contributed by atoms with Gasteiger partial charge in [0.15, 0.2) is 0 Å². The lowest BCUT2D eigenvalue weighted by atomic mass is 9.88. The zero-order chi connectivity index (χ0) is 36.1. The van der Waals surface area contributed by atoms with E-state index in [0.29, 0.717) is 65.4 Å². The van der Waals surface area contributed by atoms with Crippen LogP contribution in [0, 0.1) is 0 Å². The Balaban J connectivity index is 1.04. The molecule has 3 N–H and O–H groups in total. The molecular formula is C38H38Cl2N8O4. The zero-order valence-electron chi connectivity index (χ0n) is 28.8. The van der Waals surface area contributed by atoms with Crippen molar-refractivity contribution >= 4 is 40.5 Å². The number of methoxy groups -OCH3 is 1. The van der Waals surface area contributed by atoms with Crippen molar-refractivity contribution < 1.29 is 14.3 Å². The van der Waals surface area contributed by atoms with Crippen LogP contribution in [0.2, 0.25) is 10.0 Å². The fourth-order valence-corrected chi connectivity index (χ4v) is 8.30. The zero-order valence-corrected chi connectivity index (χ0v) is 30.4. The average molecular weight is 742 g/mol. The van der Waals surface area contributed by atoms with Gasteiger partial charge in [-0.3, -0.25) is 23.9 Å². The van der Waals surface area contributed by atoms with Crippen LogP contribution >= 0.6 is 23.2 Å². The van der Waals surface area contributed by atoms with Crippen LogP contribution in [0.25, 0.3) is 39.0 Å². The number of fused-ring (bicyclic) bond motifs is 1. The van der Waals surface area contributed by atoms with Crippen molar-refractivity contribution in [3.8, 4) is 39.4 Å². The lowest BCUT2D eigenvalue weighted by Gasteiger charge is -2.47. The van der Waals surface area contributed by atoms with E-state index in [1.54, 1.807) is 23.2 Å². The Morgan fingerprint density at radius 1 is 0.962 bits per heavy atom. The van der Waals surface area contributed by atoms with E-state index in [1.165, 1.54) is 0 Å². The predicted octanol–water partition coefficient (Wildman–Crippen LogP) is 4.58. The predicted molar refractivity (Wildman–Crippen MR) is 199 cm³/mol. The Bertz CT molecular complexity index is 2300.